The van der Waals surface area contributed by atoms with Crippen LogP contribution in [0, 0.1) is 0 Å². The highest BCUT2D eigenvalue weighted by Gasteiger charge is 2.13. The molecule has 0 aliphatic rings. The van der Waals surface area contributed by atoms with E-state index in [1.54, 1.807) is 48.5 Å². The average Bonchev–Trinajstić information content (AvgIpc) is 2.66. The Hall–Kier alpha value is -4.07. The Morgan fingerprint density at radius 3 is 2.18 bits per heavy atom. The molecule has 0 fully saturated rings. The third-order valence-corrected chi connectivity index (χ3v) is 3.53. The van der Waals surface area contributed by atoms with Crippen molar-refractivity contribution in [1.82, 2.24) is 0 Å². The van der Waals surface area contributed by atoms with Gasteiger partial charge in [0, 0.05) is 23.4 Å². The van der Waals surface area contributed by atoms with Crippen LogP contribution in [0.1, 0.15) is 5.56 Å². The van der Waals surface area contributed by atoms with E-state index in [9.17, 15) is 19.2 Å². The predicted molar refractivity (Wildman–Crippen MR) is 102 cm³/mol. The Bertz CT molecular complexity index is 899. The summed E-state index contributed by atoms with van der Waals surface area (Å²) in [5.41, 5.74) is 2.29. The smallest absolute Gasteiger partial charge is 0.347 e. The number of carboxylic acids is 2. The minimum Gasteiger partial charge on any atom is -0.478 e. The van der Waals surface area contributed by atoms with Crippen LogP contribution >= 0.6 is 0 Å². The Morgan fingerprint density at radius 1 is 0.857 bits per heavy atom. The van der Waals surface area contributed by atoms with E-state index in [0.29, 0.717) is 28.6 Å². The molecule has 2 aromatic rings. The van der Waals surface area contributed by atoms with Crippen LogP contribution in [0.3, 0.4) is 0 Å². The summed E-state index contributed by atoms with van der Waals surface area (Å²) in [4.78, 5) is 48.2. The third kappa shape index (κ3) is 6.03. The van der Waals surface area contributed by atoms with Crippen molar-refractivity contribution < 1.29 is 29.4 Å². The summed E-state index contributed by atoms with van der Waals surface area (Å²) in [5, 5.41) is 19.8. The van der Waals surface area contributed by atoms with E-state index in [-0.39, 0.29) is 6.42 Å². The minimum absolute atomic E-state index is 0.124. The number of carbonyl (C=O) groups excluding carboxylic acids is 2. The van der Waals surface area contributed by atoms with Crippen molar-refractivity contribution in [3.05, 3.63) is 66.2 Å². The Morgan fingerprint density at radius 2 is 1.50 bits per heavy atom. The Balaban J connectivity index is 2.33. The first-order valence-corrected chi connectivity index (χ1v) is 8.06. The molecule has 0 saturated heterocycles. The number of aliphatic carboxylic acids is 2. The van der Waals surface area contributed by atoms with Gasteiger partial charge in [0.05, 0.1) is 6.42 Å². The Kier molecular flexibility index (Phi) is 6.93. The minimum atomic E-state index is -1.32. The molecule has 0 saturated carbocycles. The van der Waals surface area contributed by atoms with Gasteiger partial charge in [-0.1, -0.05) is 42.5 Å². The van der Waals surface area contributed by atoms with Gasteiger partial charge in [-0.2, -0.15) is 0 Å². The molecule has 2 aromatic carbocycles. The number of rotatable bonds is 7. The van der Waals surface area contributed by atoms with E-state index in [4.69, 9.17) is 10.2 Å². The summed E-state index contributed by atoms with van der Waals surface area (Å²) >= 11 is 0. The van der Waals surface area contributed by atoms with E-state index >= 15 is 0 Å². The number of carbonyl (C=O) groups is 4. The second-order valence-electron chi connectivity index (χ2n) is 5.53. The van der Waals surface area contributed by atoms with Crippen molar-refractivity contribution in [2.24, 2.45) is 4.99 Å². The van der Waals surface area contributed by atoms with Crippen LogP contribution in [0.2, 0.25) is 0 Å². The highest BCUT2D eigenvalue weighted by atomic mass is 16.4. The molecular formula is C20H16N2O6. The summed E-state index contributed by atoms with van der Waals surface area (Å²) in [5.74, 6) is -3.80. The number of para-hydroxylation sites is 1. The van der Waals surface area contributed by atoms with Crippen molar-refractivity contribution in [3.63, 3.8) is 0 Å². The maximum absolute atomic E-state index is 11.9. The van der Waals surface area contributed by atoms with Gasteiger partial charge in [-0.3, -0.25) is 9.59 Å². The molecule has 2 rings (SSSR count). The number of amides is 2. The lowest BCUT2D eigenvalue weighted by Gasteiger charge is -2.13. The second-order valence-corrected chi connectivity index (χ2v) is 5.53. The largest absolute Gasteiger partial charge is 0.478 e. The van der Waals surface area contributed by atoms with Crippen molar-refractivity contribution in [1.29, 1.82) is 0 Å². The number of benzene rings is 2. The van der Waals surface area contributed by atoms with Crippen LogP contribution < -0.4 is 5.32 Å². The second kappa shape index (κ2) is 9.58. The quantitative estimate of drug-likeness (QED) is 0.498. The molecule has 142 valence electrons. The van der Waals surface area contributed by atoms with Crippen LogP contribution in [0.15, 0.2) is 65.7 Å². The maximum Gasteiger partial charge on any atom is 0.347 e. The Labute approximate surface area is 159 Å². The van der Waals surface area contributed by atoms with Gasteiger partial charge in [-0.05, 0) is 17.2 Å². The first-order valence-electron chi connectivity index (χ1n) is 8.06. The fourth-order valence-corrected chi connectivity index (χ4v) is 2.42. The van der Waals surface area contributed by atoms with E-state index < -0.39 is 23.8 Å². The monoisotopic (exact) mass is 380 g/mol. The number of hydrogen-bond acceptors (Lipinski definition) is 4. The molecule has 8 heteroatoms. The van der Waals surface area contributed by atoms with Gasteiger partial charge in [0.25, 0.3) is 0 Å². The molecule has 28 heavy (non-hydrogen) atoms. The van der Waals surface area contributed by atoms with Gasteiger partial charge in [-0.25, -0.2) is 14.6 Å². The summed E-state index contributed by atoms with van der Waals surface area (Å²) in [6.07, 6.45) is 2.04. The molecule has 0 unspecified atom stereocenters. The summed E-state index contributed by atoms with van der Waals surface area (Å²) < 4.78 is 0. The van der Waals surface area contributed by atoms with Gasteiger partial charge in [-0.15, -0.1) is 0 Å². The van der Waals surface area contributed by atoms with Crippen molar-refractivity contribution in [2.45, 2.75) is 6.42 Å². The van der Waals surface area contributed by atoms with Crippen molar-refractivity contribution in [3.8, 4) is 11.1 Å². The molecule has 0 heterocycles. The zero-order valence-electron chi connectivity index (χ0n) is 14.5. The third-order valence-electron chi connectivity index (χ3n) is 3.53. The lowest BCUT2D eigenvalue weighted by molar-refractivity contribution is -0.131. The fourth-order valence-electron chi connectivity index (χ4n) is 2.42. The van der Waals surface area contributed by atoms with Gasteiger partial charge in [0.2, 0.25) is 11.8 Å². The number of nitrogens with one attached hydrogen (secondary N) is 1. The van der Waals surface area contributed by atoms with E-state index in [0.717, 1.165) is 12.2 Å². The fraction of sp³-hybridized carbons (Fsp3) is 0.0500. The molecule has 0 aromatic heterocycles. The number of anilines is 1. The number of nitrogens with zero attached hydrogens (tertiary/aromatic N) is 1. The maximum atomic E-state index is 11.9. The molecule has 0 radical (unpaired) electrons. The number of aliphatic imine (C=N–C) groups is 1. The number of hydrogen-bond donors (Lipinski definition) is 3. The van der Waals surface area contributed by atoms with E-state index in [1.807, 2.05) is 0 Å². The zero-order chi connectivity index (χ0) is 20.5. The van der Waals surface area contributed by atoms with E-state index in [2.05, 4.69) is 10.3 Å². The van der Waals surface area contributed by atoms with Crippen LogP contribution in [0.4, 0.5) is 5.69 Å². The predicted octanol–water partition coefficient (Wildman–Crippen LogP) is 2.16. The van der Waals surface area contributed by atoms with Crippen LogP contribution in [0.5, 0.6) is 0 Å². The van der Waals surface area contributed by atoms with Crippen molar-refractivity contribution >= 4 is 35.7 Å². The van der Waals surface area contributed by atoms with Crippen molar-refractivity contribution in [2.75, 3.05) is 5.32 Å². The normalized spacial score (nSPS) is 10.9. The molecule has 0 aliphatic heterocycles. The summed E-state index contributed by atoms with van der Waals surface area (Å²) in [6, 6.07) is 13.8. The molecule has 0 atom stereocenters. The molecule has 8 nitrogen and oxygen atoms in total. The van der Waals surface area contributed by atoms with Gasteiger partial charge in [0.1, 0.15) is 6.21 Å². The standard InChI is InChI=1S/C20H16N2O6/c23-17(9-10-19(25)26)22-16-8-4-3-7-15(16)14-6-2-1-5-13(14)11-18(24)21-12-20(27)28/h1-10,12H,11H2,(H,22,23)(H,25,26)(H,27,28)/b10-9+,21-12?. The molecule has 2 amide bonds. The zero-order valence-corrected chi connectivity index (χ0v) is 14.5. The molecule has 0 spiro atoms. The first-order chi connectivity index (χ1) is 13.4. The van der Waals surface area contributed by atoms with Crippen LogP contribution in [-0.2, 0) is 25.6 Å². The topological polar surface area (TPSA) is 133 Å². The average molecular weight is 380 g/mol. The van der Waals surface area contributed by atoms with Gasteiger partial charge in [0.15, 0.2) is 0 Å². The summed E-state index contributed by atoms with van der Waals surface area (Å²) in [7, 11) is 0. The van der Waals surface area contributed by atoms with Gasteiger partial charge >= 0.3 is 11.9 Å². The van der Waals surface area contributed by atoms with Crippen LogP contribution in [-0.4, -0.2) is 40.2 Å². The highest BCUT2D eigenvalue weighted by molar-refractivity contribution is 6.24. The molecule has 0 aliphatic carbocycles. The molecular weight excluding hydrogens is 364 g/mol. The van der Waals surface area contributed by atoms with Crippen LogP contribution in [0.25, 0.3) is 11.1 Å². The lowest BCUT2D eigenvalue weighted by atomic mass is 9.96. The van der Waals surface area contributed by atoms with Gasteiger partial charge < -0.3 is 15.5 Å². The molecule has 0 bridgehead atoms. The summed E-state index contributed by atoms with van der Waals surface area (Å²) in [6.45, 7) is 0. The molecule has 3 N–H and O–H groups in total. The first kappa shape index (κ1) is 20.2. The lowest BCUT2D eigenvalue weighted by Crippen LogP contribution is -2.10. The SMILES string of the molecule is O=C(O)C=NC(=O)Cc1ccccc1-c1ccccc1NC(=O)/C=C/C(=O)O. The number of carboxylic acid groups (broad SMARTS) is 2. The van der Waals surface area contributed by atoms with E-state index in [1.165, 1.54) is 0 Å². The highest BCUT2D eigenvalue weighted by Crippen LogP contribution is 2.31.